The number of hydrogen-bond donors (Lipinski definition) is 2. The predicted octanol–water partition coefficient (Wildman–Crippen LogP) is 0.0562. The maximum absolute atomic E-state index is 12.0. The number of nitrogens with two attached hydrogens (primary N) is 1. The number of carbonyl (C=O) groups is 1. The fourth-order valence-electron chi connectivity index (χ4n) is 1.83. The van der Waals surface area contributed by atoms with Crippen molar-refractivity contribution in [3.05, 3.63) is 16.1 Å². The first kappa shape index (κ1) is 11.5. The molecule has 1 aliphatic heterocycles. The summed E-state index contributed by atoms with van der Waals surface area (Å²) in [4.78, 5) is 17.9. The van der Waals surface area contributed by atoms with Gasteiger partial charge in [-0.1, -0.05) is 0 Å². The zero-order valence-corrected chi connectivity index (χ0v) is 9.74. The summed E-state index contributed by atoms with van der Waals surface area (Å²) in [6.45, 7) is 1.86. The van der Waals surface area contributed by atoms with Gasteiger partial charge in [-0.25, -0.2) is 4.98 Å². The molecule has 1 atom stereocenters. The standard InChI is InChI=1S/C10H15N3O2S/c11-3-9-12-8(6-16-9)10(15)13-2-1-7(4-13)5-14/h6-7,14H,1-5,11H2. The second kappa shape index (κ2) is 4.90. The van der Waals surface area contributed by atoms with E-state index in [4.69, 9.17) is 10.8 Å². The van der Waals surface area contributed by atoms with Gasteiger partial charge >= 0.3 is 0 Å². The Morgan fingerprint density at radius 2 is 2.56 bits per heavy atom. The smallest absolute Gasteiger partial charge is 0.273 e. The number of hydrogen-bond acceptors (Lipinski definition) is 5. The molecule has 1 unspecified atom stereocenters. The lowest BCUT2D eigenvalue weighted by Gasteiger charge is -2.14. The van der Waals surface area contributed by atoms with E-state index in [1.807, 2.05) is 0 Å². The second-order valence-electron chi connectivity index (χ2n) is 3.92. The van der Waals surface area contributed by atoms with Gasteiger partial charge in [-0.15, -0.1) is 11.3 Å². The third kappa shape index (κ3) is 2.23. The zero-order valence-electron chi connectivity index (χ0n) is 8.93. The molecule has 3 N–H and O–H groups in total. The highest BCUT2D eigenvalue weighted by atomic mass is 32.1. The van der Waals surface area contributed by atoms with Gasteiger partial charge in [-0.2, -0.15) is 0 Å². The van der Waals surface area contributed by atoms with Crippen molar-refractivity contribution >= 4 is 17.2 Å². The molecule has 0 bridgehead atoms. The van der Waals surface area contributed by atoms with E-state index < -0.39 is 0 Å². The first-order chi connectivity index (χ1) is 7.74. The largest absolute Gasteiger partial charge is 0.396 e. The molecule has 5 nitrogen and oxygen atoms in total. The van der Waals surface area contributed by atoms with Crippen molar-refractivity contribution in [2.75, 3.05) is 19.7 Å². The number of thiazole rings is 1. The van der Waals surface area contributed by atoms with Crippen molar-refractivity contribution < 1.29 is 9.90 Å². The van der Waals surface area contributed by atoms with E-state index in [1.165, 1.54) is 11.3 Å². The number of likely N-dealkylation sites (tertiary alicyclic amines) is 1. The molecular weight excluding hydrogens is 226 g/mol. The lowest BCUT2D eigenvalue weighted by atomic mass is 10.1. The minimum absolute atomic E-state index is 0.0492. The average Bonchev–Trinajstić information content (AvgIpc) is 2.97. The van der Waals surface area contributed by atoms with Crippen LogP contribution in [-0.2, 0) is 6.54 Å². The van der Waals surface area contributed by atoms with Crippen molar-refractivity contribution in [2.24, 2.45) is 11.7 Å². The van der Waals surface area contributed by atoms with Crippen molar-refractivity contribution in [1.29, 1.82) is 0 Å². The van der Waals surface area contributed by atoms with Gasteiger partial charge in [0.2, 0.25) is 0 Å². The molecule has 16 heavy (non-hydrogen) atoms. The number of amides is 1. The van der Waals surface area contributed by atoms with Crippen LogP contribution in [-0.4, -0.2) is 40.6 Å². The van der Waals surface area contributed by atoms with E-state index in [1.54, 1.807) is 10.3 Å². The van der Waals surface area contributed by atoms with Crippen LogP contribution in [0.15, 0.2) is 5.38 Å². The van der Waals surface area contributed by atoms with Crippen LogP contribution in [0.25, 0.3) is 0 Å². The summed E-state index contributed by atoms with van der Waals surface area (Å²) in [7, 11) is 0. The van der Waals surface area contributed by atoms with Crippen molar-refractivity contribution in [3.63, 3.8) is 0 Å². The van der Waals surface area contributed by atoms with Gasteiger partial charge in [0.05, 0.1) is 0 Å². The molecule has 6 heteroatoms. The predicted molar refractivity (Wildman–Crippen MR) is 61.1 cm³/mol. The van der Waals surface area contributed by atoms with E-state index in [0.717, 1.165) is 11.4 Å². The van der Waals surface area contributed by atoms with Gasteiger partial charge in [0.15, 0.2) is 0 Å². The number of nitrogens with zero attached hydrogens (tertiary/aromatic N) is 2. The molecule has 0 radical (unpaired) electrons. The summed E-state index contributed by atoms with van der Waals surface area (Å²) >= 11 is 1.41. The number of aliphatic hydroxyl groups is 1. The molecule has 1 aromatic heterocycles. The van der Waals surface area contributed by atoms with Crippen LogP contribution >= 0.6 is 11.3 Å². The average molecular weight is 241 g/mol. The lowest BCUT2D eigenvalue weighted by molar-refractivity contribution is 0.0776. The molecule has 0 aromatic carbocycles. The lowest BCUT2D eigenvalue weighted by Crippen LogP contribution is -2.29. The van der Waals surface area contributed by atoms with Crippen LogP contribution in [0.4, 0.5) is 0 Å². The van der Waals surface area contributed by atoms with Gasteiger partial charge in [0.25, 0.3) is 5.91 Å². The highest BCUT2D eigenvalue weighted by Gasteiger charge is 2.27. The number of aromatic nitrogens is 1. The van der Waals surface area contributed by atoms with Crippen LogP contribution in [0.2, 0.25) is 0 Å². The van der Waals surface area contributed by atoms with Crippen molar-refractivity contribution in [3.8, 4) is 0 Å². The van der Waals surface area contributed by atoms with Gasteiger partial charge in [0, 0.05) is 37.5 Å². The molecule has 0 aliphatic carbocycles. The Hall–Kier alpha value is -0.980. The highest BCUT2D eigenvalue weighted by Crippen LogP contribution is 2.19. The quantitative estimate of drug-likeness (QED) is 0.784. The fourth-order valence-corrected chi connectivity index (χ4v) is 2.48. The van der Waals surface area contributed by atoms with Crippen molar-refractivity contribution in [1.82, 2.24) is 9.88 Å². The van der Waals surface area contributed by atoms with E-state index in [-0.39, 0.29) is 18.4 Å². The van der Waals surface area contributed by atoms with E-state index >= 15 is 0 Å². The van der Waals surface area contributed by atoms with Gasteiger partial charge in [-0.3, -0.25) is 4.79 Å². The summed E-state index contributed by atoms with van der Waals surface area (Å²) in [6.07, 6.45) is 0.871. The van der Waals surface area contributed by atoms with Gasteiger partial charge in [0.1, 0.15) is 10.7 Å². The normalized spacial score (nSPS) is 20.4. The molecule has 2 rings (SSSR count). The van der Waals surface area contributed by atoms with Crippen LogP contribution in [0, 0.1) is 5.92 Å². The third-order valence-corrected chi connectivity index (χ3v) is 3.65. The zero-order chi connectivity index (χ0) is 11.5. The third-order valence-electron chi connectivity index (χ3n) is 2.78. The Labute approximate surface area is 97.9 Å². The summed E-state index contributed by atoms with van der Waals surface area (Å²) < 4.78 is 0. The van der Waals surface area contributed by atoms with Crippen LogP contribution in [0.3, 0.4) is 0 Å². The molecule has 88 valence electrons. The maximum Gasteiger partial charge on any atom is 0.273 e. The first-order valence-corrected chi connectivity index (χ1v) is 6.17. The first-order valence-electron chi connectivity index (χ1n) is 5.29. The van der Waals surface area contributed by atoms with Crippen LogP contribution in [0.1, 0.15) is 21.9 Å². The molecule has 1 aliphatic rings. The fraction of sp³-hybridized carbons (Fsp3) is 0.600. The number of rotatable bonds is 3. The topological polar surface area (TPSA) is 79.5 Å². The maximum atomic E-state index is 12.0. The Bertz CT molecular complexity index is 380. The molecular formula is C10H15N3O2S. The molecule has 1 amide bonds. The van der Waals surface area contributed by atoms with Crippen LogP contribution < -0.4 is 5.73 Å². The highest BCUT2D eigenvalue weighted by molar-refractivity contribution is 7.09. The van der Waals surface area contributed by atoms with Gasteiger partial charge in [-0.05, 0) is 6.42 Å². The molecule has 1 saturated heterocycles. The molecule has 1 aromatic rings. The number of carbonyl (C=O) groups excluding carboxylic acids is 1. The molecule has 0 spiro atoms. The SMILES string of the molecule is NCc1nc(C(=O)N2CCC(CO)C2)cs1. The summed E-state index contributed by atoms with van der Waals surface area (Å²) in [5.74, 6) is 0.170. The Morgan fingerprint density at radius 1 is 1.75 bits per heavy atom. The summed E-state index contributed by atoms with van der Waals surface area (Å²) in [5.41, 5.74) is 5.93. The van der Waals surface area contributed by atoms with Gasteiger partial charge < -0.3 is 15.7 Å². The second-order valence-corrected chi connectivity index (χ2v) is 4.86. The van der Waals surface area contributed by atoms with Crippen LogP contribution in [0.5, 0.6) is 0 Å². The minimum Gasteiger partial charge on any atom is -0.396 e. The Morgan fingerprint density at radius 3 is 3.12 bits per heavy atom. The monoisotopic (exact) mass is 241 g/mol. The summed E-state index contributed by atoms with van der Waals surface area (Å²) in [5, 5.41) is 11.5. The summed E-state index contributed by atoms with van der Waals surface area (Å²) in [6, 6.07) is 0. The van der Waals surface area contributed by atoms with E-state index in [0.29, 0.717) is 25.3 Å². The molecule has 1 fully saturated rings. The number of aliphatic hydroxyl groups excluding tert-OH is 1. The van der Waals surface area contributed by atoms with E-state index in [9.17, 15) is 4.79 Å². The Balaban J connectivity index is 2.02. The minimum atomic E-state index is -0.0492. The van der Waals surface area contributed by atoms with E-state index in [2.05, 4.69) is 4.98 Å². The Kier molecular flexibility index (Phi) is 3.52. The molecule has 2 heterocycles. The van der Waals surface area contributed by atoms with Crippen molar-refractivity contribution in [2.45, 2.75) is 13.0 Å². The molecule has 0 saturated carbocycles.